The van der Waals surface area contributed by atoms with E-state index in [4.69, 9.17) is 11.6 Å². The van der Waals surface area contributed by atoms with E-state index in [2.05, 4.69) is 36.1 Å². The van der Waals surface area contributed by atoms with E-state index >= 15 is 0 Å². The Morgan fingerprint density at radius 1 is 0.904 bits per heavy atom. The topological polar surface area (TPSA) is 181 Å². The van der Waals surface area contributed by atoms with E-state index in [1.807, 2.05) is 22.6 Å². The van der Waals surface area contributed by atoms with E-state index in [1.54, 1.807) is 29.4 Å². The van der Waals surface area contributed by atoms with Gasteiger partial charge in [-0.25, -0.2) is 13.6 Å². The number of halogens is 3. The number of amides is 2. The number of fused-ring (bicyclic) bond motifs is 2. The predicted octanol–water partition coefficient (Wildman–Crippen LogP) is 5.69. The van der Waals surface area contributed by atoms with Crippen molar-refractivity contribution in [3.05, 3.63) is 95.2 Å². The third-order valence-electron chi connectivity index (χ3n) is 9.58. The number of nitrogens with one attached hydrogen (secondary N) is 4. The fraction of sp³-hybridized carbons (Fsp3) is 0.417. The van der Waals surface area contributed by atoms with Gasteiger partial charge in [-0.1, -0.05) is 32.9 Å². The molecule has 4 aliphatic rings. The highest BCUT2D eigenvalue weighted by Gasteiger charge is 2.42. The number of hydrogen-bond acceptors (Lipinski definition) is 11. The van der Waals surface area contributed by atoms with Crippen LogP contribution < -0.4 is 27.0 Å². The average Bonchev–Trinajstić information content (AvgIpc) is 3.88. The first-order chi connectivity index (χ1) is 25.6. The lowest BCUT2D eigenvalue weighted by Crippen LogP contribution is -2.55. The Labute approximate surface area is 315 Å². The van der Waals surface area contributed by atoms with Crippen LogP contribution in [0.3, 0.4) is 0 Å². The van der Waals surface area contributed by atoms with E-state index < -0.39 is 5.82 Å². The van der Waals surface area contributed by atoms with Crippen LogP contribution in [0, 0.1) is 11.6 Å². The quantitative estimate of drug-likeness (QED) is 0.127. The SMILES string of the molecule is NCc1cnoc1.O=C1CC2(CCN(C(=O)NCc3cnoc3)CC2)Nc2ccc(F)cc21.O=C1CC2(CCNCC2)Nc2ccc(F)cc21.[2H]CI. The molecule has 2 fully saturated rings. The van der Waals surface area contributed by atoms with Gasteiger partial charge in [-0.05, 0) is 80.1 Å². The maximum Gasteiger partial charge on any atom is 0.317 e. The normalized spacial score (nSPS) is 18.0. The van der Waals surface area contributed by atoms with Crippen molar-refractivity contribution in [2.45, 2.75) is 62.7 Å². The Hall–Kier alpha value is -4.42. The molecule has 2 spiro atoms. The highest BCUT2D eigenvalue weighted by atomic mass is 127. The zero-order valence-corrected chi connectivity index (χ0v) is 30.7. The van der Waals surface area contributed by atoms with Crippen LogP contribution in [0.25, 0.3) is 0 Å². The molecule has 0 aliphatic carbocycles. The Balaban J connectivity index is 0.000000170. The van der Waals surface area contributed by atoms with Crippen LogP contribution in [0.5, 0.6) is 0 Å². The minimum Gasteiger partial charge on any atom is -0.378 e. The van der Waals surface area contributed by atoms with Gasteiger partial charge in [0.05, 0.1) is 12.4 Å². The summed E-state index contributed by atoms with van der Waals surface area (Å²) in [6.45, 7) is 3.81. The van der Waals surface area contributed by atoms with Gasteiger partial charge in [-0.15, -0.1) is 0 Å². The number of rotatable bonds is 3. The molecular weight excluding hydrogens is 789 g/mol. The molecule has 4 aliphatic heterocycles. The lowest BCUT2D eigenvalue weighted by atomic mass is 9.78. The summed E-state index contributed by atoms with van der Waals surface area (Å²) in [4.78, 5) is 39.0. The van der Waals surface area contributed by atoms with E-state index in [0.717, 1.165) is 42.7 Å². The highest BCUT2D eigenvalue weighted by Crippen LogP contribution is 2.38. The van der Waals surface area contributed by atoms with E-state index in [9.17, 15) is 23.2 Å². The molecule has 0 saturated carbocycles. The van der Waals surface area contributed by atoms with Crippen molar-refractivity contribution in [2.75, 3.05) is 41.7 Å². The summed E-state index contributed by atoms with van der Waals surface area (Å²) in [7, 11) is 0. The Kier molecular flexibility index (Phi) is 12.8. The van der Waals surface area contributed by atoms with Crippen molar-refractivity contribution < 1.29 is 33.6 Å². The molecule has 2 saturated heterocycles. The number of nitrogens with two attached hydrogens (primary N) is 1. The molecule has 8 rings (SSSR count). The number of carbonyl (C=O) groups is 3. The fourth-order valence-electron chi connectivity index (χ4n) is 6.75. The zero-order chi connectivity index (χ0) is 37.8. The van der Waals surface area contributed by atoms with E-state index in [0.29, 0.717) is 73.6 Å². The minimum absolute atomic E-state index is 0.0522. The van der Waals surface area contributed by atoms with Gasteiger partial charge in [0.2, 0.25) is 0 Å². The third-order valence-corrected chi connectivity index (χ3v) is 9.58. The fourth-order valence-corrected chi connectivity index (χ4v) is 6.75. The number of anilines is 2. The summed E-state index contributed by atoms with van der Waals surface area (Å²) in [6.07, 6.45) is 10.2. The molecule has 0 unspecified atom stereocenters. The van der Waals surface area contributed by atoms with Crippen LogP contribution in [-0.4, -0.2) is 75.0 Å². The first-order valence-electron chi connectivity index (χ1n) is 17.6. The van der Waals surface area contributed by atoms with Crippen LogP contribution in [0.4, 0.5) is 25.0 Å². The lowest BCUT2D eigenvalue weighted by molar-refractivity contribution is 0.0911. The molecule has 278 valence electrons. The Morgan fingerprint density at radius 3 is 1.87 bits per heavy atom. The molecule has 13 nitrogen and oxygen atoms in total. The maximum atomic E-state index is 13.4. The molecule has 0 radical (unpaired) electrons. The number of piperidine rings is 2. The largest absolute Gasteiger partial charge is 0.378 e. The van der Waals surface area contributed by atoms with Crippen molar-refractivity contribution in [2.24, 2.45) is 5.73 Å². The molecule has 52 heavy (non-hydrogen) atoms. The van der Waals surface area contributed by atoms with Gasteiger partial charge in [0, 0.05) is 85.1 Å². The van der Waals surface area contributed by atoms with Crippen LogP contribution in [-0.2, 0) is 13.1 Å². The number of carbonyl (C=O) groups excluding carboxylic acids is 3. The number of urea groups is 1. The number of aromatic nitrogens is 2. The van der Waals surface area contributed by atoms with Gasteiger partial charge in [0.15, 0.2) is 11.6 Å². The number of alkyl halides is 1. The lowest BCUT2D eigenvalue weighted by Gasteiger charge is -2.45. The zero-order valence-electron chi connectivity index (χ0n) is 29.6. The van der Waals surface area contributed by atoms with Crippen LogP contribution >= 0.6 is 22.6 Å². The van der Waals surface area contributed by atoms with Gasteiger partial charge in [0.1, 0.15) is 24.2 Å². The van der Waals surface area contributed by atoms with E-state index in [1.165, 1.54) is 36.8 Å². The van der Waals surface area contributed by atoms with Gasteiger partial charge >= 0.3 is 6.03 Å². The van der Waals surface area contributed by atoms with Crippen LogP contribution in [0.1, 0.15) is 71.7 Å². The summed E-state index contributed by atoms with van der Waals surface area (Å²) in [5, 5.41) is 20.0. The highest BCUT2D eigenvalue weighted by molar-refractivity contribution is 14.1. The summed E-state index contributed by atoms with van der Waals surface area (Å²) in [5.41, 5.74) is 8.80. The number of hydrogen-bond donors (Lipinski definition) is 5. The minimum atomic E-state index is -0.408. The Morgan fingerprint density at radius 2 is 1.40 bits per heavy atom. The second-order valence-corrected chi connectivity index (χ2v) is 13.1. The van der Waals surface area contributed by atoms with E-state index in [-0.39, 0.29) is 34.5 Å². The first-order valence-corrected chi connectivity index (χ1v) is 18.4. The second-order valence-electron chi connectivity index (χ2n) is 13.1. The van der Waals surface area contributed by atoms with Crippen molar-refractivity contribution in [3.63, 3.8) is 0 Å². The van der Waals surface area contributed by atoms with Gasteiger partial charge in [-0.3, -0.25) is 9.59 Å². The monoisotopic (exact) mass is 833 g/mol. The summed E-state index contributed by atoms with van der Waals surface area (Å²) < 4.78 is 41.9. The average molecular weight is 834 g/mol. The van der Waals surface area contributed by atoms with Gasteiger partial charge in [-0.2, -0.15) is 0 Å². The Bertz CT molecular complexity index is 1820. The third kappa shape index (κ3) is 9.71. The molecule has 2 aromatic heterocycles. The number of Topliss-reactive ketones (excluding diaryl/α,β-unsaturated/α-hetero) is 2. The molecule has 0 atom stereocenters. The number of nitrogens with zero attached hydrogens (tertiary/aromatic N) is 3. The van der Waals surface area contributed by atoms with Crippen molar-refractivity contribution in [3.8, 4) is 0 Å². The summed E-state index contributed by atoms with van der Waals surface area (Å²) in [6, 6.07) is 8.51. The molecule has 4 aromatic rings. The predicted molar refractivity (Wildman–Crippen MR) is 199 cm³/mol. The molecule has 2 amide bonds. The number of benzene rings is 2. The maximum absolute atomic E-state index is 13.4. The smallest absolute Gasteiger partial charge is 0.317 e. The van der Waals surface area contributed by atoms with Gasteiger partial charge in [0.25, 0.3) is 0 Å². The number of likely N-dealkylation sites (tertiary alicyclic amines) is 1. The molecular formula is C36H43F2IN8O5. The van der Waals surface area contributed by atoms with Crippen molar-refractivity contribution >= 4 is 51.6 Å². The van der Waals surface area contributed by atoms with Gasteiger partial charge < -0.3 is 40.9 Å². The van der Waals surface area contributed by atoms with Crippen molar-refractivity contribution in [1.29, 1.82) is 0 Å². The molecule has 2 aromatic carbocycles. The second kappa shape index (κ2) is 17.9. The molecule has 0 bridgehead atoms. The van der Waals surface area contributed by atoms with Crippen LogP contribution in [0.15, 0.2) is 70.4 Å². The van der Waals surface area contributed by atoms with Crippen molar-refractivity contribution in [1.82, 2.24) is 25.8 Å². The molecule has 6 N–H and O–H groups in total. The first kappa shape index (κ1) is 37.3. The molecule has 16 heteroatoms. The summed E-state index contributed by atoms with van der Waals surface area (Å²) >= 11 is 1.96. The summed E-state index contributed by atoms with van der Waals surface area (Å²) in [5.74, 6) is -0.752. The molecule has 6 heterocycles. The van der Waals surface area contributed by atoms with Crippen LogP contribution in [0.2, 0.25) is 0 Å². The standard InChI is InChI=1S/C18H19FN4O3.C13H15FN2O.C4H6N2O.CH3I/c19-13-1-2-15-14(7-13)16(24)8-18(22-15)3-5-23(6-4-18)17(25)20-9-12-10-21-26-11-12;14-9-1-2-11-10(7-9)12(17)8-13(16-11)3-5-15-6-4-13;5-1-4-2-6-7-3-4;1-2/h1-2,7,10-11,22H,3-6,8-9H2,(H,20,25);1-2,7,15-16H,3-6,8H2;2-3H,1,5H2;1H3/i;;;1D. The number of ketones is 2.